The molecule has 3 aliphatic rings. The molecule has 3 fully saturated rings. The van der Waals surface area contributed by atoms with Gasteiger partial charge in [-0.1, -0.05) is 61.6 Å². The molecule has 1 N–H and O–H groups in total. The fourth-order valence-corrected chi connectivity index (χ4v) is 8.92. The highest BCUT2D eigenvalue weighted by Crippen LogP contribution is 2.82. The molecule has 0 spiro atoms. The number of halogens is 3. The highest BCUT2D eigenvalue weighted by atomic mass is 79.9. The zero-order valence-corrected chi connectivity index (χ0v) is 15.8. The van der Waals surface area contributed by atoms with Crippen LogP contribution in [0.25, 0.3) is 0 Å². The molecule has 3 rings (SSSR count). The van der Waals surface area contributed by atoms with Crippen molar-refractivity contribution in [1.29, 1.82) is 0 Å². The van der Waals surface area contributed by atoms with E-state index in [0.29, 0.717) is 0 Å². The summed E-state index contributed by atoms with van der Waals surface area (Å²) in [5.41, 5.74) is 2.69. The molecule has 0 aromatic carbocycles. The molecule has 0 aromatic heterocycles. The molecule has 0 aromatic rings. The first-order valence-corrected chi connectivity index (χ1v) is 8.80. The molecule has 6 heteroatoms. The summed E-state index contributed by atoms with van der Waals surface area (Å²) in [5, 5.41) is 1.73. The predicted molar refractivity (Wildman–Crippen MR) is 84.1 cm³/mol. The van der Waals surface area contributed by atoms with Crippen molar-refractivity contribution >= 4 is 53.7 Å². The smallest absolute Gasteiger partial charge is 0.242 e. The molecule has 0 saturated heterocycles. The Hall–Kier alpha value is 0.870. The molecule has 3 atom stereocenters. The monoisotopic (exact) mass is 444 g/mol. The molecule has 3 unspecified atom stereocenters. The number of carbonyl (C=O) groups is 1. The maximum Gasteiger partial charge on any atom is 0.242 e. The number of rotatable bonds is 3. The Labute approximate surface area is 134 Å². The van der Waals surface area contributed by atoms with Crippen LogP contribution in [0.4, 0.5) is 0 Å². The van der Waals surface area contributed by atoms with Gasteiger partial charge in [0.25, 0.3) is 0 Å². The minimum absolute atomic E-state index is 0.0358. The Kier molecular flexibility index (Phi) is 3.76. The van der Waals surface area contributed by atoms with Crippen LogP contribution in [0.15, 0.2) is 0 Å². The lowest BCUT2D eigenvalue weighted by molar-refractivity contribution is -0.165. The number of fused-ring (bicyclic) bond motifs is 1. The molecular weight excluding hydrogens is 428 g/mol. The Morgan fingerprint density at radius 2 is 1.89 bits per heavy atom. The number of nitrogens with one attached hydrogen (secondary N) is 1. The van der Waals surface area contributed by atoms with Crippen LogP contribution in [0.3, 0.4) is 0 Å². The minimum Gasteiger partial charge on any atom is -0.289 e. The lowest BCUT2D eigenvalue weighted by Crippen LogP contribution is -2.72. The van der Waals surface area contributed by atoms with Gasteiger partial charge in [-0.05, 0) is 18.3 Å². The largest absolute Gasteiger partial charge is 0.289 e. The normalized spacial score (nSPS) is 41.1. The third-order valence-corrected chi connectivity index (χ3v) is 8.45. The van der Waals surface area contributed by atoms with Gasteiger partial charge in [0, 0.05) is 24.3 Å². The average molecular weight is 447 g/mol. The van der Waals surface area contributed by atoms with Crippen LogP contribution >= 0.6 is 47.8 Å². The first kappa shape index (κ1) is 15.3. The lowest BCUT2D eigenvalue weighted by atomic mass is 9.43. The second kappa shape index (κ2) is 4.43. The molecule has 1 amide bonds. The van der Waals surface area contributed by atoms with Crippen LogP contribution in [0.1, 0.15) is 26.7 Å². The second-order valence-electron chi connectivity index (χ2n) is 6.14. The summed E-state index contributed by atoms with van der Waals surface area (Å²) in [6.45, 7) is 4.42. The van der Waals surface area contributed by atoms with Gasteiger partial charge in [0.2, 0.25) is 5.91 Å². The van der Waals surface area contributed by atoms with E-state index in [1.54, 1.807) is 5.01 Å². The zero-order chi connectivity index (χ0) is 13.9. The van der Waals surface area contributed by atoms with E-state index in [1.165, 1.54) is 0 Å². The van der Waals surface area contributed by atoms with Crippen molar-refractivity contribution in [3.63, 3.8) is 0 Å². The fraction of sp³-hybridized carbons (Fsp3) is 0.917. The van der Waals surface area contributed by atoms with Gasteiger partial charge < -0.3 is 0 Å². The van der Waals surface area contributed by atoms with Gasteiger partial charge in [-0.2, -0.15) is 0 Å². The highest BCUT2D eigenvalue weighted by molar-refractivity contribution is 9.24. The number of hydrogen-bond acceptors (Lipinski definition) is 2. The van der Waals surface area contributed by atoms with E-state index < -0.39 is 0 Å². The Bertz CT molecular complexity index is 386. The fourth-order valence-electron chi connectivity index (χ4n) is 4.00. The number of amides is 1. The first-order valence-electron chi connectivity index (χ1n) is 6.05. The number of hydrazine groups is 1. The third kappa shape index (κ3) is 1.46. The SMILES string of the molecule is CN(C)NC(=O)C12CCC(C(Br)Br)(C1Br)C2(C)C. The first-order chi connectivity index (χ1) is 8.14. The number of nitrogens with zero attached hydrogens (tertiary/aromatic N) is 1. The van der Waals surface area contributed by atoms with E-state index in [9.17, 15) is 4.79 Å². The zero-order valence-electron chi connectivity index (χ0n) is 11.1. The van der Waals surface area contributed by atoms with Gasteiger partial charge in [0.05, 0.1) is 9.15 Å². The van der Waals surface area contributed by atoms with Gasteiger partial charge in [0.15, 0.2) is 0 Å². The summed E-state index contributed by atoms with van der Waals surface area (Å²) in [4.78, 5) is 12.8. The van der Waals surface area contributed by atoms with Crippen molar-refractivity contribution in [3.05, 3.63) is 0 Å². The van der Waals surface area contributed by atoms with E-state index >= 15 is 0 Å². The van der Waals surface area contributed by atoms with Crippen LogP contribution in [-0.4, -0.2) is 33.6 Å². The molecule has 3 nitrogen and oxygen atoms in total. The van der Waals surface area contributed by atoms with Crippen LogP contribution in [-0.2, 0) is 4.79 Å². The molecule has 0 heterocycles. The average Bonchev–Trinajstić information content (AvgIpc) is 2.66. The van der Waals surface area contributed by atoms with Crippen molar-refractivity contribution in [3.8, 4) is 0 Å². The second-order valence-corrected chi connectivity index (χ2v) is 10.1. The van der Waals surface area contributed by atoms with Crippen LogP contribution in [0, 0.1) is 16.2 Å². The topological polar surface area (TPSA) is 32.3 Å². The van der Waals surface area contributed by atoms with Gasteiger partial charge in [-0.3, -0.25) is 10.2 Å². The van der Waals surface area contributed by atoms with Crippen molar-refractivity contribution in [1.82, 2.24) is 10.4 Å². The van der Waals surface area contributed by atoms with Crippen LogP contribution in [0.5, 0.6) is 0 Å². The van der Waals surface area contributed by atoms with Crippen LogP contribution in [0.2, 0.25) is 0 Å². The maximum atomic E-state index is 12.6. The molecule has 2 bridgehead atoms. The van der Waals surface area contributed by atoms with Crippen molar-refractivity contribution in [2.24, 2.45) is 16.2 Å². The molecule has 104 valence electrons. The van der Waals surface area contributed by atoms with Gasteiger partial charge in [-0.15, -0.1) is 0 Å². The summed E-state index contributed by atoms with van der Waals surface area (Å²) >= 11 is 11.2. The standard InChI is InChI=1S/C12H19Br3N2O/c1-10(2)11(8(14)15)5-6-12(10,7(11)13)9(18)16-17(3)4/h7-8H,5-6H2,1-4H3,(H,16,18). The lowest BCUT2D eigenvalue weighted by Gasteiger charge is -2.66. The summed E-state index contributed by atoms with van der Waals surface area (Å²) in [6, 6.07) is 0. The molecule has 3 saturated carbocycles. The summed E-state index contributed by atoms with van der Waals surface area (Å²) in [5.74, 6) is 0.133. The van der Waals surface area contributed by atoms with Gasteiger partial charge in [-0.25, -0.2) is 5.01 Å². The maximum absolute atomic E-state index is 12.6. The number of carbonyl (C=O) groups excluding carboxylic acids is 1. The molecular formula is C12H19Br3N2O. The van der Waals surface area contributed by atoms with E-state index in [4.69, 9.17) is 0 Å². The molecule has 3 aliphatic carbocycles. The summed E-state index contributed by atoms with van der Waals surface area (Å²) in [7, 11) is 3.70. The predicted octanol–water partition coefficient (Wildman–Crippen LogP) is 3.27. The van der Waals surface area contributed by atoms with E-state index in [-0.39, 0.29) is 30.7 Å². The van der Waals surface area contributed by atoms with Crippen LogP contribution < -0.4 is 5.43 Å². The summed E-state index contributed by atoms with van der Waals surface area (Å²) in [6.07, 6.45) is 1.99. The molecule has 0 aliphatic heterocycles. The van der Waals surface area contributed by atoms with Crippen molar-refractivity contribution in [2.75, 3.05) is 14.1 Å². The Morgan fingerprint density at radius 1 is 1.33 bits per heavy atom. The van der Waals surface area contributed by atoms with Crippen molar-refractivity contribution < 1.29 is 4.79 Å². The Balaban J connectivity index is 2.36. The van der Waals surface area contributed by atoms with E-state index in [0.717, 1.165) is 12.8 Å². The van der Waals surface area contributed by atoms with Gasteiger partial charge in [0.1, 0.15) is 0 Å². The Morgan fingerprint density at radius 3 is 2.22 bits per heavy atom. The van der Waals surface area contributed by atoms with E-state index in [1.807, 2.05) is 14.1 Å². The third-order valence-electron chi connectivity index (χ3n) is 5.22. The van der Waals surface area contributed by atoms with Gasteiger partial charge >= 0.3 is 0 Å². The highest BCUT2D eigenvalue weighted by Gasteiger charge is 2.83. The quantitative estimate of drug-likeness (QED) is 0.533. The molecule has 18 heavy (non-hydrogen) atoms. The molecule has 0 radical (unpaired) electrons. The minimum atomic E-state index is -0.308. The number of alkyl halides is 3. The summed E-state index contributed by atoms with van der Waals surface area (Å²) < 4.78 is 0.222. The van der Waals surface area contributed by atoms with Crippen molar-refractivity contribution in [2.45, 2.75) is 35.3 Å². The van der Waals surface area contributed by atoms with E-state index in [2.05, 4.69) is 67.1 Å². The number of hydrogen-bond donors (Lipinski definition) is 1.